The van der Waals surface area contributed by atoms with E-state index in [4.69, 9.17) is 8.83 Å². The summed E-state index contributed by atoms with van der Waals surface area (Å²) in [5.74, 6) is -2.58. The quantitative estimate of drug-likeness (QED) is 0.177. The molecule has 0 spiro atoms. The van der Waals surface area contributed by atoms with Gasteiger partial charge in [0.1, 0.15) is 62.4 Å². The van der Waals surface area contributed by atoms with Gasteiger partial charge in [-0.05, 0) is 48.5 Å². The summed E-state index contributed by atoms with van der Waals surface area (Å²) in [7, 11) is 0. The molecule has 10 heteroatoms. The second-order valence-corrected chi connectivity index (χ2v) is 9.03. The average molecular weight is 538 g/mol. The Labute approximate surface area is 223 Å². The molecular formula is C30H18O10. The molecule has 0 aliphatic heterocycles. The van der Waals surface area contributed by atoms with Crippen LogP contribution in [-0.4, -0.2) is 30.6 Å². The Bertz CT molecular complexity index is 2090. The molecule has 6 rings (SSSR count). The molecule has 0 amide bonds. The van der Waals surface area contributed by atoms with E-state index in [1.54, 1.807) is 0 Å². The second kappa shape index (κ2) is 8.84. The molecule has 6 N–H and O–H groups in total. The lowest BCUT2D eigenvalue weighted by Crippen LogP contribution is -2.04. The summed E-state index contributed by atoms with van der Waals surface area (Å²) < 4.78 is 11.7. The van der Waals surface area contributed by atoms with Gasteiger partial charge in [0.25, 0.3) is 0 Å². The Morgan fingerprint density at radius 2 is 1.00 bits per heavy atom. The van der Waals surface area contributed by atoms with Crippen LogP contribution in [0.4, 0.5) is 0 Å². The molecule has 0 atom stereocenters. The van der Waals surface area contributed by atoms with Crippen molar-refractivity contribution in [2.45, 2.75) is 0 Å². The number of hydrogen-bond donors (Lipinski definition) is 6. The van der Waals surface area contributed by atoms with Crippen LogP contribution in [-0.2, 0) is 0 Å². The number of rotatable bonds is 3. The Morgan fingerprint density at radius 1 is 0.500 bits per heavy atom. The molecule has 2 aromatic heterocycles. The third kappa shape index (κ3) is 3.82. The first-order valence-electron chi connectivity index (χ1n) is 11.8. The standard InChI is InChI=1S/C30H18O10/c31-15-5-1-13(2-6-15)22-11-20(36)26-24(39-22)12-21(37)27(29(26)38)28-18(34)9-17(33)25-19(35)10-23(40-30(25)28)14-3-7-16(32)8-4-14/h1-12,31-34,37-38H. The maximum Gasteiger partial charge on any atom is 0.197 e. The Balaban J connectivity index is 1.65. The van der Waals surface area contributed by atoms with Crippen molar-refractivity contribution < 1.29 is 39.5 Å². The Morgan fingerprint density at radius 3 is 1.57 bits per heavy atom. The van der Waals surface area contributed by atoms with Crippen LogP contribution in [0.3, 0.4) is 0 Å². The molecule has 10 nitrogen and oxygen atoms in total. The monoisotopic (exact) mass is 538 g/mol. The number of hydrogen-bond acceptors (Lipinski definition) is 10. The van der Waals surface area contributed by atoms with Crippen LogP contribution in [0, 0.1) is 0 Å². The van der Waals surface area contributed by atoms with Gasteiger partial charge in [-0.2, -0.15) is 0 Å². The van der Waals surface area contributed by atoms with Gasteiger partial charge in [0.15, 0.2) is 16.4 Å². The minimum Gasteiger partial charge on any atom is -0.508 e. The van der Waals surface area contributed by atoms with Crippen LogP contribution in [0.5, 0.6) is 34.5 Å². The van der Waals surface area contributed by atoms with E-state index in [9.17, 15) is 40.2 Å². The van der Waals surface area contributed by atoms with E-state index in [2.05, 4.69) is 0 Å². The first-order valence-corrected chi connectivity index (χ1v) is 11.8. The fraction of sp³-hybridized carbons (Fsp3) is 0. The Kier molecular flexibility index (Phi) is 5.40. The largest absolute Gasteiger partial charge is 0.508 e. The zero-order chi connectivity index (χ0) is 28.3. The lowest BCUT2D eigenvalue weighted by molar-refractivity contribution is 0.444. The summed E-state index contributed by atoms with van der Waals surface area (Å²) >= 11 is 0. The summed E-state index contributed by atoms with van der Waals surface area (Å²) in [5, 5.41) is 62.0. The van der Waals surface area contributed by atoms with Gasteiger partial charge in [0.05, 0.1) is 11.1 Å². The molecule has 0 aliphatic carbocycles. The molecule has 0 saturated carbocycles. The maximum absolute atomic E-state index is 13.1. The summed E-state index contributed by atoms with van der Waals surface area (Å²) in [6.07, 6.45) is 0. The molecule has 6 aromatic rings. The van der Waals surface area contributed by atoms with Crippen LogP contribution in [0.15, 0.2) is 91.2 Å². The molecule has 4 aromatic carbocycles. The number of aromatic hydroxyl groups is 6. The third-order valence-electron chi connectivity index (χ3n) is 6.49. The van der Waals surface area contributed by atoms with Gasteiger partial charge in [0, 0.05) is 35.4 Å². The predicted octanol–water partition coefficient (Wildman–Crippen LogP) is 5.13. The number of phenolic OH excluding ortho intramolecular Hbond substituents is 6. The van der Waals surface area contributed by atoms with Crippen LogP contribution >= 0.6 is 0 Å². The van der Waals surface area contributed by atoms with E-state index < -0.39 is 39.4 Å². The van der Waals surface area contributed by atoms with Crippen molar-refractivity contribution in [3.05, 3.63) is 93.2 Å². The Hall–Kier alpha value is -5.90. The van der Waals surface area contributed by atoms with Crippen molar-refractivity contribution in [2.24, 2.45) is 0 Å². The van der Waals surface area contributed by atoms with Crippen LogP contribution in [0.25, 0.3) is 55.7 Å². The number of fused-ring (bicyclic) bond motifs is 2. The summed E-state index contributed by atoms with van der Waals surface area (Å²) in [6.45, 7) is 0. The fourth-order valence-electron chi connectivity index (χ4n) is 4.62. The molecule has 0 saturated heterocycles. The molecule has 0 radical (unpaired) electrons. The van der Waals surface area contributed by atoms with E-state index in [1.165, 1.54) is 48.5 Å². The third-order valence-corrected chi connectivity index (χ3v) is 6.49. The van der Waals surface area contributed by atoms with Gasteiger partial charge >= 0.3 is 0 Å². The van der Waals surface area contributed by atoms with Crippen molar-refractivity contribution in [1.29, 1.82) is 0 Å². The van der Waals surface area contributed by atoms with Gasteiger partial charge in [-0.1, -0.05) is 0 Å². The van der Waals surface area contributed by atoms with Crippen LogP contribution in [0.1, 0.15) is 0 Å². The smallest absolute Gasteiger partial charge is 0.197 e. The fourth-order valence-corrected chi connectivity index (χ4v) is 4.62. The minimum absolute atomic E-state index is 0.00146. The maximum atomic E-state index is 13.1. The highest BCUT2D eigenvalue weighted by atomic mass is 16.3. The van der Waals surface area contributed by atoms with Gasteiger partial charge in [-0.3, -0.25) is 9.59 Å². The number of benzene rings is 4. The van der Waals surface area contributed by atoms with Gasteiger partial charge < -0.3 is 39.5 Å². The summed E-state index contributed by atoms with van der Waals surface area (Å²) in [6, 6.07) is 15.7. The molecule has 2 heterocycles. The first-order chi connectivity index (χ1) is 19.1. The van der Waals surface area contributed by atoms with Crippen LogP contribution < -0.4 is 10.9 Å². The zero-order valence-electron chi connectivity index (χ0n) is 20.2. The SMILES string of the molecule is O=c1cc(-c2ccc(O)cc2)oc2cc(O)c(-c3c(O)cc(O)c4c(=O)cc(-c5ccc(O)cc5)oc34)c(O)c12. The molecule has 0 fully saturated rings. The van der Waals surface area contributed by atoms with Crippen molar-refractivity contribution in [3.63, 3.8) is 0 Å². The molecule has 0 unspecified atom stereocenters. The van der Waals surface area contributed by atoms with E-state index >= 15 is 0 Å². The van der Waals surface area contributed by atoms with Gasteiger partial charge in [-0.25, -0.2) is 0 Å². The average Bonchev–Trinajstić information content (AvgIpc) is 2.90. The summed E-state index contributed by atoms with van der Waals surface area (Å²) in [4.78, 5) is 26.2. The molecule has 40 heavy (non-hydrogen) atoms. The highest BCUT2D eigenvalue weighted by Gasteiger charge is 2.27. The lowest BCUT2D eigenvalue weighted by atomic mass is 9.96. The van der Waals surface area contributed by atoms with E-state index in [1.807, 2.05) is 0 Å². The van der Waals surface area contributed by atoms with Crippen molar-refractivity contribution >= 4 is 21.9 Å². The molecule has 198 valence electrons. The van der Waals surface area contributed by atoms with Crippen molar-refractivity contribution in [3.8, 4) is 68.3 Å². The van der Waals surface area contributed by atoms with Crippen LogP contribution in [0.2, 0.25) is 0 Å². The van der Waals surface area contributed by atoms with Crippen molar-refractivity contribution in [1.82, 2.24) is 0 Å². The molecule has 0 bridgehead atoms. The minimum atomic E-state index is -0.763. The highest BCUT2D eigenvalue weighted by Crippen LogP contribution is 2.49. The number of phenols is 6. The van der Waals surface area contributed by atoms with Gasteiger partial charge in [0.2, 0.25) is 0 Å². The van der Waals surface area contributed by atoms with Gasteiger partial charge in [-0.15, -0.1) is 0 Å². The predicted molar refractivity (Wildman–Crippen MR) is 145 cm³/mol. The highest BCUT2D eigenvalue weighted by molar-refractivity contribution is 6.06. The normalized spacial score (nSPS) is 11.3. The van der Waals surface area contributed by atoms with E-state index in [-0.39, 0.29) is 50.5 Å². The van der Waals surface area contributed by atoms with Crippen molar-refractivity contribution in [2.75, 3.05) is 0 Å². The molecular weight excluding hydrogens is 520 g/mol. The van der Waals surface area contributed by atoms with E-state index in [0.717, 1.165) is 24.3 Å². The van der Waals surface area contributed by atoms with E-state index in [0.29, 0.717) is 11.1 Å². The summed E-state index contributed by atoms with van der Waals surface area (Å²) in [5.41, 5.74) is -1.90. The topological polar surface area (TPSA) is 182 Å². The first kappa shape index (κ1) is 24.4. The second-order valence-electron chi connectivity index (χ2n) is 9.03. The molecule has 0 aliphatic rings. The zero-order valence-corrected chi connectivity index (χ0v) is 20.2. The lowest BCUT2D eigenvalue weighted by Gasteiger charge is -2.15.